The van der Waals surface area contributed by atoms with Gasteiger partial charge in [-0.15, -0.1) is 11.3 Å². The predicted octanol–water partition coefficient (Wildman–Crippen LogP) is 4.66. The van der Waals surface area contributed by atoms with E-state index in [-0.39, 0.29) is 16.8 Å². The quantitative estimate of drug-likeness (QED) is 0.431. The summed E-state index contributed by atoms with van der Waals surface area (Å²) in [6, 6.07) is 15.7. The Balaban J connectivity index is 1.41. The normalized spacial score (nSPS) is 11.8. The Kier molecular flexibility index (Phi) is 6.13. The molecule has 0 aliphatic heterocycles. The highest BCUT2D eigenvalue weighted by Crippen LogP contribution is 2.25. The molecule has 8 heteroatoms. The number of para-hydroxylation sites is 1. The number of esters is 1. The first-order valence-corrected chi connectivity index (χ1v) is 10.9. The lowest BCUT2D eigenvalue weighted by molar-refractivity contribution is -0.123. The van der Waals surface area contributed by atoms with E-state index in [1.807, 2.05) is 29.6 Å². The summed E-state index contributed by atoms with van der Waals surface area (Å²) in [4.78, 5) is 41.5. The third-order valence-electron chi connectivity index (χ3n) is 4.88. The van der Waals surface area contributed by atoms with Crippen molar-refractivity contribution in [2.45, 2.75) is 26.4 Å². The fourth-order valence-corrected chi connectivity index (χ4v) is 3.78. The first-order valence-electron chi connectivity index (χ1n) is 10.0. The maximum atomic E-state index is 12.5. The SMILES string of the molecule is CCc1ccc(-c2csc(NC(=O)C(C)OC(=O)c3cc(=O)c4ccccc4o3)n2)cc1. The molecule has 1 amide bonds. The third kappa shape index (κ3) is 4.60. The zero-order valence-corrected chi connectivity index (χ0v) is 18.3. The van der Waals surface area contributed by atoms with Gasteiger partial charge in [0.2, 0.25) is 5.76 Å². The van der Waals surface area contributed by atoms with Gasteiger partial charge in [0, 0.05) is 17.0 Å². The number of hydrogen-bond donors (Lipinski definition) is 1. The lowest BCUT2D eigenvalue weighted by Crippen LogP contribution is -2.30. The lowest BCUT2D eigenvalue weighted by Gasteiger charge is -2.12. The molecule has 0 radical (unpaired) electrons. The van der Waals surface area contributed by atoms with Crippen molar-refractivity contribution < 1.29 is 18.7 Å². The second kappa shape index (κ2) is 9.15. The number of nitrogens with zero attached hydrogens (tertiary/aromatic N) is 1. The van der Waals surface area contributed by atoms with Gasteiger partial charge in [-0.2, -0.15) is 0 Å². The highest BCUT2D eigenvalue weighted by Gasteiger charge is 2.22. The van der Waals surface area contributed by atoms with Gasteiger partial charge in [0.05, 0.1) is 11.1 Å². The molecule has 0 fully saturated rings. The van der Waals surface area contributed by atoms with Crippen LogP contribution in [-0.4, -0.2) is 23.0 Å². The average molecular weight is 449 g/mol. The van der Waals surface area contributed by atoms with Crippen molar-refractivity contribution in [3.05, 3.63) is 81.5 Å². The molecule has 32 heavy (non-hydrogen) atoms. The van der Waals surface area contributed by atoms with E-state index >= 15 is 0 Å². The molecule has 4 rings (SSSR count). The summed E-state index contributed by atoms with van der Waals surface area (Å²) in [6.45, 7) is 3.53. The van der Waals surface area contributed by atoms with Crippen LogP contribution in [0.15, 0.2) is 69.2 Å². The molecule has 2 heterocycles. The maximum absolute atomic E-state index is 12.5. The van der Waals surface area contributed by atoms with Crippen LogP contribution in [0.5, 0.6) is 0 Å². The van der Waals surface area contributed by atoms with Crippen LogP contribution < -0.4 is 10.7 Å². The highest BCUT2D eigenvalue weighted by molar-refractivity contribution is 7.14. The van der Waals surface area contributed by atoms with Crippen LogP contribution in [0.1, 0.15) is 30.0 Å². The second-order valence-corrected chi connectivity index (χ2v) is 7.95. The molecule has 7 nitrogen and oxygen atoms in total. The Labute approximate surface area is 187 Å². The van der Waals surface area contributed by atoms with E-state index in [0.717, 1.165) is 23.7 Å². The maximum Gasteiger partial charge on any atom is 0.375 e. The number of rotatable bonds is 6. The molecule has 0 saturated heterocycles. The van der Waals surface area contributed by atoms with Crippen LogP contribution >= 0.6 is 11.3 Å². The van der Waals surface area contributed by atoms with Crippen molar-refractivity contribution >= 4 is 39.3 Å². The predicted molar refractivity (Wildman–Crippen MR) is 123 cm³/mol. The monoisotopic (exact) mass is 448 g/mol. The molecule has 2 aromatic carbocycles. The summed E-state index contributed by atoms with van der Waals surface area (Å²) in [5.41, 5.74) is 2.83. The second-order valence-electron chi connectivity index (χ2n) is 7.10. The molecule has 162 valence electrons. The molecule has 4 aromatic rings. The largest absolute Gasteiger partial charge is 0.449 e. The minimum absolute atomic E-state index is 0.264. The van der Waals surface area contributed by atoms with Crippen molar-refractivity contribution in [2.75, 3.05) is 5.32 Å². The molecular formula is C24H20N2O5S. The minimum atomic E-state index is -1.12. The smallest absolute Gasteiger partial charge is 0.375 e. The molecule has 0 bridgehead atoms. The van der Waals surface area contributed by atoms with Crippen molar-refractivity contribution in [3.8, 4) is 11.3 Å². The van der Waals surface area contributed by atoms with E-state index in [1.165, 1.54) is 23.8 Å². The van der Waals surface area contributed by atoms with Crippen LogP contribution in [0.2, 0.25) is 0 Å². The number of anilines is 1. The van der Waals surface area contributed by atoms with Crippen molar-refractivity contribution in [3.63, 3.8) is 0 Å². The molecule has 1 unspecified atom stereocenters. The Morgan fingerprint density at radius 2 is 1.91 bits per heavy atom. The minimum Gasteiger partial charge on any atom is -0.449 e. The van der Waals surface area contributed by atoms with Crippen LogP contribution in [0.4, 0.5) is 5.13 Å². The van der Waals surface area contributed by atoms with E-state index < -0.39 is 18.0 Å². The fourth-order valence-electron chi connectivity index (χ4n) is 3.06. The van der Waals surface area contributed by atoms with E-state index in [4.69, 9.17) is 9.15 Å². The van der Waals surface area contributed by atoms with Gasteiger partial charge in [0.1, 0.15) is 5.58 Å². The standard InChI is InChI=1S/C24H20N2O5S/c1-3-15-8-10-16(11-9-15)18-13-32-24(25-18)26-22(28)14(2)30-23(29)21-12-19(27)17-6-4-5-7-20(17)31-21/h4-14H,3H2,1-2H3,(H,25,26,28). The molecule has 0 aliphatic carbocycles. The highest BCUT2D eigenvalue weighted by atomic mass is 32.1. The summed E-state index contributed by atoms with van der Waals surface area (Å²) >= 11 is 1.28. The Morgan fingerprint density at radius 1 is 1.16 bits per heavy atom. The van der Waals surface area contributed by atoms with Crippen molar-refractivity contribution in [2.24, 2.45) is 0 Å². The van der Waals surface area contributed by atoms with E-state index in [2.05, 4.69) is 17.2 Å². The number of benzene rings is 2. The molecular weight excluding hydrogens is 428 g/mol. The van der Waals surface area contributed by atoms with Gasteiger partial charge in [-0.3, -0.25) is 14.9 Å². The fraction of sp³-hybridized carbons (Fsp3) is 0.167. The number of fused-ring (bicyclic) bond motifs is 1. The number of nitrogens with one attached hydrogen (secondary N) is 1. The number of carbonyl (C=O) groups is 2. The van der Waals surface area contributed by atoms with Crippen LogP contribution in [-0.2, 0) is 16.0 Å². The summed E-state index contributed by atoms with van der Waals surface area (Å²) in [6.07, 6.45) is -0.159. The lowest BCUT2D eigenvalue weighted by atomic mass is 10.1. The zero-order valence-electron chi connectivity index (χ0n) is 17.5. The molecule has 2 aromatic heterocycles. The van der Waals surface area contributed by atoms with Gasteiger partial charge in [-0.05, 0) is 31.0 Å². The van der Waals surface area contributed by atoms with E-state index in [0.29, 0.717) is 10.5 Å². The topological polar surface area (TPSA) is 98.5 Å². The van der Waals surface area contributed by atoms with Gasteiger partial charge in [0.15, 0.2) is 16.7 Å². The number of aryl methyl sites for hydroxylation is 1. The van der Waals surface area contributed by atoms with Gasteiger partial charge < -0.3 is 9.15 Å². The number of hydrogen-bond acceptors (Lipinski definition) is 7. The summed E-state index contributed by atoms with van der Waals surface area (Å²) in [5, 5.41) is 5.25. The van der Waals surface area contributed by atoms with Gasteiger partial charge in [-0.1, -0.05) is 43.3 Å². The number of ether oxygens (including phenoxy) is 1. The third-order valence-corrected chi connectivity index (χ3v) is 5.64. The summed E-state index contributed by atoms with van der Waals surface area (Å²) in [7, 11) is 0. The average Bonchev–Trinajstić information content (AvgIpc) is 3.27. The van der Waals surface area contributed by atoms with Crippen molar-refractivity contribution in [1.29, 1.82) is 0 Å². The molecule has 1 atom stereocenters. The van der Waals surface area contributed by atoms with E-state index in [1.54, 1.807) is 24.3 Å². The Hall–Kier alpha value is -3.78. The van der Waals surface area contributed by atoms with Crippen LogP contribution in [0.3, 0.4) is 0 Å². The van der Waals surface area contributed by atoms with E-state index in [9.17, 15) is 14.4 Å². The zero-order chi connectivity index (χ0) is 22.7. The Bertz CT molecular complexity index is 1340. The molecule has 0 saturated carbocycles. The first kappa shape index (κ1) is 21.5. The van der Waals surface area contributed by atoms with Crippen LogP contribution in [0.25, 0.3) is 22.2 Å². The molecule has 0 spiro atoms. The van der Waals surface area contributed by atoms with Crippen molar-refractivity contribution in [1.82, 2.24) is 4.98 Å². The Morgan fingerprint density at radius 3 is 2.66 bits per heavy atom. The number of amides is 1. The van der Waals surface area contributed by atoms with Gasteiger partial charge in [-0.25, -0.2) is 9.78 Å². The van der Waals surface area contributed by atoms with Gasteiger partial charge >= 0.3 is 5.97 Å². The number of thiazole rings is 1. The first-order chi connectivity index (χ1) is 15.4. The molecule has 0 aliphatic rings. The molecule has 1 N–H and O–H groups in total. The van der Waals surface area contributed by atoms with Crippen LogP contribution in [0, 0.1) is 0 Å². The summed E-state index contributed by atoms with van der Waals surface area (Å²) < 4.78 is 10.6. The summed E-state index contributed by atoms with van der Waals surface area (Å²) in [5.74, 6) is -1.70. The number of carbonyl (C=O) groups excluding carboxylic acids is 2. The number of aromatic nitrogens is 1. The van der Waals surface area contributed by atoms with Gasteiger partial charge in [0.25, 0.3) is 5.91 Å².